The van der Waals surface area contributed by atoms with Crippen molar-refractivity contribution in [1.29, 1.82) is 5.26 Å². The molecule has 0 aliphatic heterocycles. The number of benzene rings is 1. The van der Waals surface area contributed by atoms with Gasteiger partial charge in [-0.3, -0.25) is 5.10 Å². The number of fused-ring (bicyclic) bond motifs is 1. The minimum Gasteiger partial charge on any atom is -0.389 e. The first-order chi connectivity index (χ1) is 8.13. The highest BCUT2D eigenvalue weighted by Crippen LogP contribution is 2.26. The smallest absolute Gasteiger partial charge is 0.123 e. The number of hydrogen-bond donors (Lipinski definition) is 3. The van der Waals surface area contributed by atoms with Crippen LogP contribution in [0.3, 0.4) is 0 Å². The third-order valence-electron chi connectivity index (χ3n) is 2.51. The maximum Gasteiger partial charge on any atom is 0.123 e. The van der Waals surface area contributed by atoms with E-state index < -0.39 is 12.2 Å². The van der Waals surface area contributed by atoms with Gasteiger partial charge in [0.2, 0.25) is 0 Å². The Bertz CT molecular complexity index is 576. The van der Waals surface area contributed by atoms with E-state index in [-0.39, 0.29) is 6.42 Å². The molecule has 5 nitrogen and oxygen atoms in total. The van der Waals surface area contributed by atoms with Crippen LogP contribution in [0.15, 0.2) is 22.7 Å². The Morgan fingerprint density at radius 3 is 2.94 bits per heavy atom. The summed E-state index contributed by atoms with van der Waals surface area (Å²) in [5, 5.41) is 35.4. The van der Waals surface area contributed by atoms with Gasteiger partial charge in [0.25, 0.3) is 0 Å². The zero-order valence-corrected chi connectivity index (χ0v) is 10.3. The molecular formula is C11H10BrN3O2. The molecule has 0 fully saturated rings. The van der Waals surface area contributed by atoms with Crippen molar-refractivity contribution >= 4 is 26.8 Å². The highest BCUT2D eigenvalue weighted by atomic mass is 79.9. The van der Waals surface area contributed by atoms with Crippen molar-refractivity contribution in [2.75, 3.05) is 0 Å². The van der Waals surface area contributed by atoms with Gasteiger partial charge in [-0.2, -0.15) is 10.4 Å². The van der Waals surface area contributed by atoms with E-state index >= 15 is 0 Å². The van der Waals surface area contributed by atoms with Crippen LogP contribution >= 0.6 is 15.9 Å². The predicted octanol–water partition coefficient (Wildman–Crippen LogP) is 1.63. The molecule has 0 saturated heterocycles. The summed E-state index contributed by atoms with van der Waals surface area (Å²) < 4.78 is 0.884. The molecule has 2 rings (SSSR count). The van der Waals surface area contributed by atoms with Gasteiger partial charge in [0.1, 0.15) is 6.10 Å². The Morgan fingerprint density at radius 2 is 2.24 bits per heavy atom. The normalized spacial score (nSPS) is 14.5. The van der Waals surface area contributed by atoms with E-state index in [0.29, 0.717) is 11.2 Å². The molecule has 17 heavy (non-hydrogen) atoms. The first-order valence-electron chi connectivity index (χ1n) is 5.00. The average Bonchev–Trinajstić information content (AvgIpc) is 2.71. The summed E-state index contributed by atoms with van der Waals surface area (Å²) in [4.78, 5) is 0. The summed E-state index contributed by atoms with van der Waals surface area (Å²) in [5.74, 6) is 0. The van der Waals surface area contributed by atoms with Crippen molar-refractivity contribution in [3.8, 4) is 6.07 Å². The number of nitrogens with zero attached hydrogens (tertiary/aromatic N) is 2. The summed E-state index contributed by atoms with van der Waals surface area (Å²) >= 11 is 3.32. The minimum atomic E-state index is -1.14. The molecule has 0 aliphatic carbocycles. The first kappa shape index (κ1) is 12.0. The second-order valence-corrected chi connectivity index (χ2v) is 4.59. The molecule has 6 heteroatoms. The minimum absolute atomic E-state index is 0.127. The molecule has 3 N–H and O–H groups in total. The van der Waals surface area contributed by atoms with Crippen molar-refractivity contribution in [1.82, 2.24) is 10.2 Å². The number of nitrogens with one attached hydrogen (secondary N) is 1. The van der Waals surface area contributed by atoms with Crippen LogP contribution in [0, 0.1) is 11.3 Å². The molecule has 1 heterocycles. The lowest BCUT2D eigenvalue weighted by Crippen LogP contribution is -2.18. The molecule has 1 aromatic carbocycles. The molecule has 0 bridgehead atoms. The molecule has 0 spiro atoms. The van der Waals surface area contributed by atoms with Gasteiger partial charge >= 0.3 is 0 Å². The van der Waals surface area contributed by atoms with Crippen LogP contribution in [-0.2, 0) is 0 Å². The van der Waals surface area contributed by atoms with Crippen LogP contribution in [0.2, 0.25) is 0 Å². The Labute approximate surface area is 106 Å². The molecule has 2 unspecified atom stereocenters. The fourth-order valence-electron chi connectivity index (χ4n) is 1.63. The number of halogens is 1. The molecule has 0 saturated carbocycles. The number of rotatable bonds is 3. The standard InChI is InChI=1S/C11H10BrN3O2/c12-6-1-2-7-8(5-6)14-15-10(7)11(17)9(16)3-4-13/h1-2,5,9,11,16-17H,3H2,(H,14,15). The lowest BCUT2D eigenvalue weighted by molar-refractivity contribution is 0.0198. The predicted molar refractivity (Wildman–Crippen MR) is 65.0 cm³/mol. The van der Waals surface area contributed by atoms with Gasteiger partial charge in [0.15, 0.2) is 0 Å². The monoisotopic (exact) mass is 295 g/mol. The van der Waals surface area contributed by atoms with Crippen LogP contribution < -0.4 is 0 Å². The van der Waals surface area contributed by atoms with E-state index in [4.69, 9.17) is 5.26 Å². The highest BCUT2D eigenvalue weighted by Gasteiger charge is 2.22. The SMILES string of the molecule is N#CCC(O)C(O)c1[nH]nc2cc(Br)ccc12. The number of aromatic amines is 1. The Kier molecular flexibility index (Phi) is 3.43. The van der Waals surface area contributed by atoms with Crippen molar-refractivity contribution in [2.24, 2.45) is 0 Å². The Balaban J connectivity index is 2.39. The third-order valence-corrected chi connectivity index (χ3v) is 3.00. The van der Waals surface area contributed by atoms with Gasteiger partial charge in [-0.1, -0.05) is 15.9 Å². The van der Waals surface area contributed by atoms with Gasteiger partial charge in [0.05, 0.1) is 29.8 Å². The summed E-state index contributed by atoms with van der Waals surface area (Å²) in [5.41, 5.74) is 1.12. The van der Waals surface area contributed by atoms with Crippen LogP contribution in [0.4, 0.5) is 0 Å². The summed E-state index contributed by atoms with van der Waals surface area (Å²) in [7, 11) is 0. The van der Waals surface area contributed by atoms with E-state index in [9.17, 15) is 10.2 Å². The number of H-pyrrole nitrogens is 1. The van der Waals surface area contributed by atoms with E-state index in [2.05, 4.69) is 26.1 Å². The number of aliphatic hydroxyl groups excluding tert-OH is 2. The molecule has 2 aromatic rings. The maximum absolute atomic E-state index is 9.89. The second-order valence-electron chi connectivity index (χ2n) is 3.67. The lowest BCUT2D eigenvalue weighted by Gasteiger charge is -2.13. The third kappa shape index (κ3) is 2.31. The van der Waals surface area contributed by atoms with Crippen LogP contribution in [0.1, 0.15) is 18.2 Å². The fraction of sp³-hybridized carbons (Fsp3) is 0.273. The van der Waals surface area contributed by atoms with Gasteiger partial charge in [-0.25, -0.2) is 0 Å². The zero-order chi connectivity index (χ0) is 12.4. The summed E-state index contributed by atoms with van der Waals surface area (Å²) in [6.07, 6.45) is -2.38. The molecule has 1 aromatic heterocycles. The quantitative estimate of drug-likeness (QED) is 0.802. The van der Waals surface area contributed by atoms with Crippen LogP contribution in [0.25, 0.3) is 10.9 Å². The van der Waals surface area contributed by atoms with Gasteiger partial charge < -0.3 is 10.2 Å². The Morgan fingerprint density at radius 1 is 1.47 bits per heavy atom. The fourth-order valence-corrected chi connectivity index (χ4v) is 1.98. The number of nitriles is 1. The lowest BCUT2D eigenvalue weighted by atomic mass is 10.1. The zero-order valence-electron chi connectivity index (χ0n) is 8.76. The Hall–Kier alpha value is -1.42. The number of aliphatic hydroxyl groups is 2. The molecule has 0 amide bonds. The van der Waals surface area contributed by atoms with Crippen molar-refractivity contribution in [3.63, 3.8) is 0 Å². The second kappa shape index (κ2) is 4.84. The van der Waals surface area contributed by atoms with Gasteiger partial charge in [0, 0.05) is 9.86 Å². The first-order valence-corrected chi connectivity index (χ1v) is 5.79. The van der Waals surface area contributed by atoms with Crippen molar-refractivity contribution in [2.45, 2.75) is 18.6 Å². The topological polar surface area (TPSA) is 92.9 Å². The van der Waals surface area contributed by atoms with Gasteiger partial charge in [-0.05, 0) is 18.2 Å². The molecule has 0 aliphatic rings. The van der Waals surface area contributed by atoms with Crippen LogP contribution in [-0.4, -0.2) is 26.5 Å². The van der Waals surface area contributed by atoms with Crippen LogP contribution in [0.5, 0.6) is 0 Å². The van der Waals surface area contributed by atoms with E-state index in [0.717, 1.165) is 9.86 Å². The van der Waals surface area contributed by atoms with Gasteiger partial charge in [-0.15, -0.1) is 0 Å². The largest absolute Gasteiger partial charge is 0.389 e. The molecule has 2 atom stereocenters. The van der Waals surface area contributed by atoms with Crippen molar-refractivity contribution < 1.29 is 10.2 Å². The summed E-state index contributed by atoms with van der Waals surface area (Å²) in [6.45, 7) is 0. The molecule has 0 radical (unpaired) electrons. The highest BCUT2D eigenvalue weighted by molar-refractivity contribution is 9.10. The van der Waals surface area contributed by atoms with E-state index in [1.54, 1.807) is 12.1 Å². The maximum atomic E-state index is 9.89. The average molecular weight is 296 g/mol. The number of hydrogen-bond acceptors (Lipinski definition) is 4. The summed E-state index contributed by atoms with van der Waals surface area (Å²) in [6, 6.07) is 7.24. The van der Waals surface area contributed by atoms with E-state index in [1.807, 2.05) is 12.1 Å². The number of aromatic nitrogens is 2. The molecular weight excluding hydrogens is 286 g/mol. The van der Waals surface area contributed by atoms with Crippen molar-refractivity contribution in [3.05, 3.63) is 28.4 Å². The molecule has 88 valence electrons. The van der Waals surface area contributed by atoms with E-state index in [1.165, 1.54) is 0 Å².